The number of hydrogen-bond acceptors (Lipinski definition) is 3. The van der Waals surface area contributed by atoms with Crippen molar-refractivity contribution in [3.63, 3.8) is 0 Å². The van der Waals surface area contributed by atoms with Crippen LogP contribution in [0.5, 0.6) is 5.75 Å². The number of nitrogens with one attached hydrogen (secondary N) is 1. The van der Waals surface area contributed by atoms with E-state index >= 15 is 0 Å². The average molecular weight is 288 g/mol. The van der Waals surface area contributed by atoms with Gasteiger partial charge in [-0.15, -0.1) is 0 Å². The highest BCUT2D eigenvalue weighted by Crippen LogP contribution is 2.25. The molecule has 0 saturated carbocycles. The van der Waals surface area contributed by atoms with Crippen LogP contribution in [-0.2, 0) is 17.9 Å². The molecule has 2 aromatic carbocycles. The average Bonchev–Trinajstić information content (AvgIpc) is 2.47. The molecule has 0 radical (unpaired) electrons. The van der Waals surface area contributed by atoms with Gasteiger partial charge >= 0.3 is 0 Å². The molecule has 0 unspecified atom stereocenters. The van der Waals surface area contributed by atoms with Crippen molar-refractivity contribution in [2.45, 2.75) is 20.1 Å². The standard InChI is InChI=1S/C16H17FN2O2/c1-11(20)19-14-7-2-3-8-15(14)21-10-13-6-4-5-12(9-18)16(13)17/h2-8H,9-10,18H2,1H3,(H,19,20). The summed E-state index contributed by atoms with van der Waals surface area (Å²) in [4.78, 5) is 11.1. The summed E-state index contributed by atoms with van der Waals surface area (Å²) in [6.45, 7) is 1.62. The van der Waals surface area contributed by atoms with Gasteiger partial charge in [0.15, 0.2) is 0 Å². The molecule has 0 aliphatic rings. The maximum Gasteiger partial charge on any atom is 0.221 e. The summed E-state index contributed by atoms with van der Waals surface area (Å²) in [6.07, 6.45) is 0. The first-order valence-corrected chi connectivity index (χ1v) is 6.57. The first-order chi connectivity index (χ1) is 10.1. The number of anilines is 1. The molecule has 1 amide bonds. The predicted octanol–water partition coefficient (Wildman–Crippen LogP) is 2.82. The summed E-state index contributed by atoms with van der Waals surface area (Å²) in [5.41, 5.74) is 6.91. The lowest BCUT2D eigenvalue weighted by Gasteiger charge is -2.12. The number of nitrogens with two attached hydrogens (primary N) is 1. The fraction of sp³-hybridized carbons (Fsp3) is 0.188. The number of para-hydroxylation sites is 2. The Morgan fingerprint density at radius 2 is 1.90 bits per heavy atom. The van der Waals surface area contributed by atoms with Crippen LogP contribution in [0.3, 0.4) is 0 Å². The number of carbonyl (C=O) groups is 1. The summed E-state index contributed by atoms with van der Waals surface area (Å²) in [6, 6.07) is 12.0. The first-order valence-electron chi connectivity index (χ1n) is 6.57. The molecule has 110 valence electrons. The van der Waals surface area contributed by atoms with E-state index in [-0.39, 0.29) is 24.9 Å². The second-order valence-corrected chi connectivity index (χ2v) is 4.56. The van der Waals surface area contributed by atoms with E-state index in [9.17, 15) is 9.18 Å². The van der Waals surface area contributed by atoms with Gasteiger partial charge in [-0.25, -0.2) is 4.39 Å². The minimum Gasteiger partial charge on any atom is -0.487 e. The normalized spacial score (nSPS) is 10.2. The molecule has 0 aliphatic heterocycles. The van der Waals surface area contributed by atoms with Gasteiger partial charge in [-0.05, 0) is 12.1 Å². The summed E-state index contributed by atoms with van der Waals surface area (Å²) >= 11 is 0. The highest BCUT2D eigenvalue weighted by molar-refractivity contribution is 5.90. The zero-order chi connectivity index (χ0) is 15.2. The Balaban J connectivity index is 2.15. The third kappa shape index (κ3) is 3.79. The number of halogens is 1. The molecule has 0 aromatic heterocycles. The molecule has 5 heteroatoms. The van der Waals surface area contributed by atoms with E-state index in [0.717, 1.165) is 0 Å². The molecule has 0 atom stereocenters. The molecule has 0 spiro atoms. The fourth-order valence-corrected chi connectivity index (χ4v) is 1.94. The highest BCUT2D eigenvalue weighted by Gasteiger charge is 2.09. The van der Waals surface area contributed by atoms with Gasteiger partial charge < -0.3 is 15.8 Å². The van der Waals surface area contributed by atoms with Gasteiger partial charge in [-0.1, -0.05) is 30.3 Å². The molecule has 2 rings (SSSR count). The van der Waals surface area contributed by atoms with Gasteiger partial charge in [0.25, 0.3) is 0 Å². The molecular formula is C16H17FN2O2. The van der Waals surface area contributed by atoms with Crippen molar-refractivity contribution in [2.75, 3.05) is 5.32 Å². The van der Waals surface area contributed by atoms with E-state index in [1.165, 1.54) is 6.92 Å². The maximum atomic E-state index is 14.1. The lowest BCUT2D eigenvalue weighted by molar-refractivity contribution is -0.114. The highest BCUT2D eigenvalue weighted by atomic mass is 19.1. The Kier molecular flexibility index (Phi) is 4.90. The van der Waals surface area contributed by atoms with E-state index in [4.69, 9.17) is 10.5 Å². The van der Waals surface area contributed by atoms with E-state index < -0.39 is 0 Å². The van der Waals surface area contributed by atoms with E-state index in [2.05, 4.69) is 5.32 Å². The fourth-order valence-electron chi connectivity index (χ4n) is 1.94. The molecule has 21 heavy (non-hydrogen) atoms. The lowest BCUT2D eigenvalue weighted by atomic mass is 10.1. The van der Waals surface area contributed by atoms with Crippen LogP contribution in [0.4, 0.5) is 10.1 Å². The van der Waals surface area contributed by atoms with Crippen LogP contribution >= 0.6 is 0 Å². The molecule has 4 nitrogen and oxygen atoms in total. The Morgan fingerprint density at radius 1 is 1.19 bits per heavy atom. The summed E-state index contributed by atoms with van der Waals surface area (Å²) in [7, 11) is 0. The first kappa shape index (κ1) is 15.0. The van der Waals surface area contributed by atoms with E-state index in [0.29, 0.717) is 22.6 Å². The Bertz CT molecular complexity index is 644. The largest absolute Gasteiger partial charge is 0.487 e. The van der Waals surface area contributed by atoms with Crippen LogP contribution in [0.15, 0.2) is 42.5 Å². The molecule has 0 saturated heterocycles. The van der Waals surface area contributed by atoms with Crippen LogP contribution in [0.25, 0.3) is 0 Å². The summed E-state index contributed by atoms with van der Waals surface area (Å²) in [5, 5.41) is 2.67. The van der Waals surface area contributed by atoms with Crippen molar-refractivity contribution in [3.8, 4) is 5.75 Å². The monoisotopic (exact) mass is 288 g/mol. The minimum absolute atomic E-state index is 0.0657. The summed E-state index contributed by atoms with van der Waals surface area (Å²) < 4.78 is 19.7. The van der Waals surface area contributed by atoms with Gasteiger partial charge in [-0.2, -0.15) is 0 Å². The van der Waals surface area contributed by atoms with Crippen LogP contribution in [-0.4, -0.2) is 5.91 Å². The van der Waals surface area contributed by atoms with Gasteiger partial charge in [0.05, 0.1) is 5.69 Å². The second kappa shape index (κ2) is 6.85. The molecule has 0 bridgehead atoms. The minimum atomic E-state index is -0.350. The molecular weight excluding hydrogens is 271 g/mol. The van der Waals surface area contributed by atoms with Gasteiger partial charge in [0.2, 0.25) is 5.91 Å². The Morgan fingerprint density at radius 3 is 2.62 bits per heavy atom. The molecule has 3 N–H and O–H groups in total. The van der Waals surface area contributed by atoms with Crippen molar-refractivity contribution in [1.82, 2.24) is 0 Å². The number of carbonyl (C=O) groups excluding carboxylic acids is 1. The van der Waals surface area contributed by atoms with Gasteiger partial charge in [0.1, 0.15) is 18.2 Å². The van der Waals surface area contributed by atoms with Crippen molar-refractivity contribution >= 4 is 11.6 Å². The van der Waals surface area contributed by atoms with Crippen molar-refractivity contribution in [3.05, 3.63) is 59.4 Å². The van der Waals surface area contributed by atoms with Crippen LogP contribution in [0.1, 0.15) is 18.1 Å². The van der Waals surface area contributed by atoms with Crippen molar-refractivity contribution < 1.29 is 13.9 Å². The van der Waals surface area contributed by atoms with Gasteiger partial charge in [-0.3, -0.25) is 4.79 Å². The van der Waals surface area contributed by atoms with Crippen molar-refractivity contribution in [1.29, 1.82) is 0 Å². The zero-order valence-electron chi connectivity index (χ0n) is 11.7. The van der Waals surface area contributed by atoms with E-state index in [1.54, 1.807) is 42.5 Å². The van der Waals surface area contributed by atoms with E-state index in [1.807, 2.05) is 0 Å². The smallest absolute Gasteiger partial charge is 0.221 e. The number of rotatable bonds is 5. The lowest BCUT2D eigenvalue weighted by Crippen LogP contribution is -2.09. The number of amides is 1. The maximum absolute atomic E-state index is 14.1. The second-order valence-electron chi connectivity index (χ2n) is 4.56. The predicted molar refractivity (Wildman–Crippen MR) is 79.4 cm³/mol. The topological polar surface area (TPSA) is 64.3 Å². The van der Waals surface area contributed by atoms with Crippen LogP contribution in [0, 0.1) is 5.82 Å². The third-order valence-corrected chi connectivity index (χ3v) is 2.96. The molecule has 0 heterocycles. The third-order valence-electron chi connectivity index (χ3n) is 2.96. The SMILES string of the molecule is CC(=O)Nc1ccccc1OCc1cccc(CN)c1F. The molecule has 0 aliphatic carbocycles. The van der Waals surface area contributed by atoms with Crippen molar-refractivity contribution in [2.24, 2.45) is 5.73 Å². The summed E-state index contributed by atoms with van der Waals surface area (Å²) in [5.74, 6) is -0.0513. The molecule has 0 fully saturated rings. The quantitative estimate of drug-likeness (QED) is 0.889. The number of hydrogen-bond donors (Lipinski definition) is 2. The Hall–Kier alpha value is -2.40. The van der Waals surface area contributed by atoms with Crippen LogP contribution in [0.2, 0.25) is 0 Å². The number of benzene rings is 2. The molecule has 2 aromatic rings. The Labute approximate surface area is 122 Å². The van der Waals surface area contributed by atoms with Gasteiger partial charge in [0, 0.05) is 24.6 Å². The van der Waals surface area contributed by atoms with Crippen LogP contribution < -0.4 is 15.8 Å². The zero-order valence-corrected chi connectivity index (χ0v) is 11.7. The number of ether oxygens (including phenoxy) is 1.